The molecule has 13 heavy (non-hydrogen) atoms. The molecule has 0 radical (unpaired) electrons. The Morgan fingerprint density at radius 2 is 1.85 bits per heavy atom. The van der Waals surface area contributed by atoms with E-state index < -0.39 is 0 Å². The molecule has 0 N–H and O–H groups in total. The molecule has 4 aliphatic rings. The zero-order valence-corrected chi connectivity index (χ0v) is 10.4. The lowest BCUT2D eigenvalue weighted by Gasteiger charge is -2.56. The first-order valence-electron chi connectivity index (χ1n) is 5.57. The van der Waals surface area contributed by atoms with Crippen LogP contribution >= 0.6 is 22.6 Å². The van der Waals surface area contributed by atoms with Gasteiger partial charge in [-0.25, -0.2) is 0 Å². The van der Waals surface area contributed by atoms with E-state index >= 15 is 0 Å². The molecule has 0 spiro atoms. The third-order valence-corrected chi connectivity index (χ3v) is 5.90. The molecule has 0 nitrogen and oxygen atoms in total. The highest BCUT2D eigenvalue weighted by molar-refractivity contribution is 14.1. The summed E-state index contributed by atoms with van der Waals surface area (Å²) in [7, 11) is 0. The van der Waals surface area contributed by atoms with Crippen LogP contribution in [0, 0.1) is 17.8 Å². The fraction of sp³-hybridized carbons (Fsp3) is 0.833. The van der Waals surface area contributed by atoms with E-state index in [1.807, 2.05) is 0 Å². The van der Waals surface area contributed by atoms with Crippen LogP contribution in [-0.2, 0) is 0 Å². The molecule has 4 aliphatic carbocycles. The third-order valence-electron chi connectivity index (χ3n) is 4.40. The first-order valence-corrected chi connectivity index (χ1v) is 6.65. The molecule has 4 bridgehead atoms. The van der Waals surface area contributed by atoms with Crippen LogP contribution in [0.2, 0.25) is 0 Å². The molecule has 1 heteroatoms. The van der Waals surface area contributed by atoms with E-state index in [1.54, 1.807) is 12.0 Å². The van der Waals surface area contributed by atoms with Gasteiger partial charge in [-0.1, -0.05) is 34.2 Å². The number of alkyl halides is 1. The van der Waals surface area contributed by atoms with E-state index in [-0.39, 0.29) is 0 Å². The van der Waals surface area contributed by atoms with Gasteiger partial charge in [0, 0.05) is 3.42 Å². The van der Waals surface area contributed by atoms with Gasteiger partial charge in [0.2, 0.25) is 0 Å². The molecule has 4 saturated carbocycles. The molecule has 0 amide bonds. The van der Waals surface area contributed by atoms with Gasteiger partial charge in [-0.2, -0.15) is 0 Å². The summed E-state index contributed by atoms with van der Waals surface area (Å²) in [5.41, 5.74) is 1.81. The summed E-state index contributed by atoms with van der Waals surface area (Å²) in [5, 5.41) is 0. The summed E-state index contributed by atoms with van der Waals surface area (Å²) in [5.74, 6) is 3.14. The summed E-state index contributed by atoms with van der Waals surface area (Å²) in [6, 6.07) is 0. The summed E-state index contributed by atoms with van der Waals surface area (Å²) in [6.07, 6.45) is 9.98. The Morgan fingerprint density at radius 1 is 1.23 bits per heavy atom. The molecule has 2 unspecified atom stereocenters. The lowest BCUT2D eigenvalue weighted by atomic mass is 9.54. The lowest BCUT2D eigenvalue weighted by molar-refractivity contribution is 0.0921. The lowest BCUT2D eigenvalue weighted by Crippen LogP contribution is -2.48. The van der Waals surface area contributed by atoms with Crippen molar-refractivity contribution in [2.75, 3.05) is 0 Å². The number of hydrogen-bond acceptors (Lipinski definition) is 0. The Kier molecular flexibility index (Phi) is 1.84. The minimum Gasteiger partial charge on any atom is -0.0868 e. The molecule has 4 atom stereocenters. The Morgan fingerprint density at radius 3 is 2.31 bits per heavy atom. The molecule has 0 aromatic heterocycles. The molecule has 0 aromatic rings. The maximum Gasteiger partial charge on any atom is 0.0438 e. The summed E-state index contributed by atoms with van der Waals surface area (Å²) in [4.78, 5) is 0. The monoisotopic (exact) mass is 288 g/mol. The van der Waals surface area contributed by atoms with Crippen LogP contribution < -0.4 is 0 Å². The van der Waals surface area contributed by atoms with Crippen LogP contribution in [0.25, 0.3) is 0 Å². The highest BCUT2D eigenvalue weighted by atomic mass is 127. The van der Waals surface area contributed by atoms with E-state index in [0.29, 0.717) is 3.42 Å². The average Bonchev–Trinajstić information content (AvgIpc) is 2.00. The zero-order chi connectivity index (χ0) is 9.05. The van der Waals surface area contributed by atoms with Crippen molar-refractivity contribution < 1.29 is 0 Å². The molecule has 0 aromatic carbocycles. The molecular weight excluding hydrogens is 271 g/mol. The first-order chi connectivity index (χ1) is 6.21. The average molecular weight is 288 g/mol. The third kappa shape index (κ3) is 1.15. The largest absolute Gasteiger partial charge is 0.0868 e. The van der Waals surface area contributed by atoms with Gasteiger partial charge in [0.05, 0.1) is 0 Å². The predicted molar refractivity (Wildman–Crippen MR) is 64.1 cm³/mol. The first kappa shape index (κ1) is 8.75. The summed E-state index contributed by atoms with van der Waals surface area (Å²) >= 11 is 2.76. The van der Waals surface area contributed by atoms with Crippen LogP contribution in [0.15, 0.2) is 11.6 Å². The molecule has 0 saturated heterocycles. The van der Waals surface area contributed by atoms with Crippen molar-refractivity contribution in [2.24, 2.45) is 17.8 Å². The molecule has 0 aliphatic heterocycles. The number of hydrogen-bond donors (Lipinski definition) is 0. The van der Waals surface area contributed by atoms with Gasteiger partial charge in [-0.05, 0) is 56.8 Å². The minimum atomic E-state index is 0.598. The topological polar surface area (TPSA) is 0 Å². The quantitative estimate of drug-likeness (QED) is 0.360. The second-order valence-corrected chi connectivity index (χ2v) is 7.32. The maximum absolute atomic E-state index is 2.76. The van der Waals surface area contributed by atoms with Gasteiger partial charge in [-0.3, -0.25) is 0 Å². The molecule has 4 rings (SSSR count). The van der Waals surface area contributed by atoms with Gasteiger partial charge in [0.25, 0.3) is 0 Å². The standard InChI is InChI=1S/C12H17I/c1-2-11-10-4-8-3-9(5-10)7-12(11,13)6-8/h2,8-10H,3-7H2,1H3/b11-2-/t8-,9+,10?,12?. The van der Waals surface area contributed by atoms with Gasteiger partial charge in [0.15, 0.2) is 0 Å². The van der Waals surface area contributed by atoms with Crippen molar-refractivity contribution in [3.63, 3.8) is 0 Å². The van der Waals surface area contributed by atoms with Crippen molar-refractivity contribution in [2.45, 2.75) is 42.4 Å². The summed E-state index contributed by atoms with van der Waals surface area (Å²) in [6.45, 7) is 2.25. The second-order valence-electron chi connectivity index (χ2n) is 5.25. The smallest absolute Gasteiger partial charge is 0.0438 e. The fourth-order valence-corrected chi connectivity index (χ4v) is 6.24. The molecule has 0 heterocycles. The van der Waals surface area contributed by atoms with Crippen molar-refractivity contribution in [3.8, 4) is 0 Å². The van der Waals surface area contributed by atoms with Gasteiger partial charge in [-0.15, -0.1) is 0 Å². The van der Waals surface area contributed by atoms with Crippen molar-refractivity contribution >= 4 is 22.6 Å². The Labute approximate surface area is 94.3 Å². The predicted octanol–water partition coefficient (Wildman–Crippen LogP) is 3.95. The van der Waals surface area contributed by atoms with E-state index in [1.165, 1.54) is 25.7 Å². The van der Waals surface area contributed by atoms with E-state index in [4.69, 9.17) is 0 Å². The number of rotatable bonds is 0. The van der Waals surface area contributed by atoms with Crippen LogP contribution in [0.5, 0.6) is 0 Å². The van der Waals surface area contributed by atoms with Gasteiger partial charge < -0.3 is 0 Å². The SMILES string of the molecule is C/C=C1/C2C[C@@H]3C[C@H](C2)CC1(I)C3. The fourth-order valence-electron chi connectivity index (χ4n) is 4.25. The number of allylic oxidation sites excluding steroid dienone is 2. The Hall–Kier alpha value is 0.470. The van der Waals surface area contributed by atoms with Gasteiger partial charge >= 0.3 is 0 Å². The highest BCUT2D eigenvalue weighted by Crippen LogP contribution is 2.61. The van der Waals surface area contributed by atoms with E-state index in [2.05, 4.69) is 35.6 Å². The minimum absolute atomic E-state index is 0.598. The molecule has 4 fully saturated rings. The van der Waals surface area contributed by atoms with Crippen LogP contribution in [-0.4, -0.2) is 3.42 Å². The summed E-state index contributed by atoms with van der Waals surface area (Å²) < 4.78 is 0.598. The zero-order valence-electron chi connectivity index (χ0n) is 8.22. The van der Waals surface area contributed by atoms with Crippen LogP contribution in [0.1, 0.15) is 39.0 Å². The van der Waals surface area contributed by atoms with Gasteiger partial charge in [0.1, 0.15) is 0 Å². The maximum atomic E-state index is 2.76. The van der Waals surface area contributed by atoms with Crippen LogP contribution in [0.4, 0.5) is 0 Å². The Balaban J connectivity index is 2.03. The normalized spacial score (nSPS) is 56.2. The van der Waals surface area contributed by atoms with E-state index in [9.17, 15) is 0 Å². The van der Waals surface area contributed by atoms with E-state index in [0.717, 1.165) is 17.8 Å². The second kappa shape index (κ2) is 2.74. The van der Waals surface area contributed by atoms with Crippen LogP contribution in [0.3, 0.4) is 0 Å². The molecule has 72 valence electrons. The van der Waals surface area contributed by atoms with Crippen molar-refractivity contribution in [1.29, 1.82) is 0 Å². The highest BCUT2D eigenvalue weighted by Gasteiger charge is 2.52. The number of halogens is 1. The van der Waals surface area contributed by atoms with Crippen molar-refractivity contribution in [1.82, 2.24) is 0 Å². The molecular formula is C12H17I. The Bertz CT molecular complexity index is 252. The van der Waals surface area contributed by atoms with Crippen molar-refractivity contribution in [3.05, 3.63) is 11.6 Å².